The molecule has 0 unspecified atom stereocenters. The molecule has 6 nitrogen and oxygen atoms in total. The number of carbonyl (C=O) groups is 3. The molecule has 31 heavy (non-hydrogen) atoms. The Morgan fingerprint density at radius 1 is 0.935 bits per heavy atom. The van der Waals surface area contributed by atoms with Gasteiger partial charge in [-0.1, -0.05) is 65.7 Å². The van der Waals surface area contributed by atoms with Crippen molar-refractivity contribution in [2.75, 3.05) is 11.9 Å². The van der Waals surface area contributed by atoms with E-state index in [2.05, 4.69) is 10.6 Å². The Morgan fingerprint density at radius 3 is 2.29 bits per heavy atom. The number of nitrogens with one attached hydrogen (secondary N) is 2. The van der Waals surface area contributed by atoms with Gasteiger partial charge >= 0.3 is 5.97 Å². The van der Waals surface area contributed by atoms with E-state index < -0.39 is 24.5 Å². The van der Waals surface area contributed by atoms with Crippen LogP contribution in [-0.2, 0) is 20.7 Å². The Kier molecular flexibility index (Phi) is 8.06. The molecule has 3 aromatic rings. The van der Waals surface area contributed by atoms with Crippen molar-refractivity contribution in [2.45, 2.75) is 12.5 Å². The van der Waals surface area contributed by atoms with Gasteiger partial charge in [-0.15, -0.1) is 11.3 Å². The summed E-state index contributed by atoms with van der Waals surface area (Å²) in [6, 6.07) is 16.4. The fraction of sp³-hybridized carbons (Fsp3) is 0.136. The van der Waals surface area contributed by atoms with E-state index in [0.717, 1.165) is 5.56 Å². The van der Waals surface area contributed by atoms with Crippen molar-refractivity contribution in [3.05, 3.63) is 86.5 Å². The zero-order valence-corrected chi connectivity index (χ0v) is 18.5. The van der Waals surface area contributed by atoms with Crippen molar-refractivity contribution in [1.29, 1.82) is 0 Å². The molecule has 0 aliphatic heterocycles. The maximum absolute atomic E-state index is 12.7. The smallest absolute Gasteiger partial charge is 0.329 e. The minimum absolute atomic E-state index is 0.217. The summed E-state index contributed by atoms with van der Waals surface area (Å²) < 4.78 is 5.16. The van der Waals surface area contributed by atoms with Crippen LogP contribution < -0.4 is 10.6 Å². The van der Waals surface area contributed by atoms with Crippen LogP contribution in [-0.4, -0.2) is 30.4 Å². The number of thiophene rings is 1. The Labute approximate surface area is 193 Å². The maximum atomic E-state index is 12.7. The SMILES string of the molecule is O=C(COC(=O)[C@H](Cc1ccccc1)NC(=O)c1cccs1)Nc1c(Cl)cccc1Cl. The number of ether oxygens (including phenoxy) is 1. The summed E-state index contributed by atoms with van der Waals surface area (Å²) in [6.45, 7) is -0.555. The molecule has 0 spiro atoms. The molecule has 0 aliphatic carbocycles. The van der Waals surface area contributed by atoms with E-state index in [-0.39, 0.29) is 28.1 Å². The van der Waals surface area contributed by atoms with Crippen molar-refractivity contribution >= 4 is 58.0 Å². The molecule has 9 heteroatoms. The molecule has 0 bridgehead atoms. The molecule has 0 fully saturated rings. The van der Waals surface area contributed by atoms with Crippen LogP contribution in [0.25, 0.3) is 0 Å². The van der Waals surface area contributed by atoms with E-state index >= 15 is 0 Å². The van der Waals surface area contributed by atoms with Crippen molar-refractivity contribution < 1.29 is 19.1 Å². The van der Waals surface area contributed by atoms with Crippen molar-refractivity contribution in [3.63, 3.8) is 0 Å². The average molecular weight is 477 g/mol. The lowest BCUT2D eigenvalue weighted by atomic mass is 10.1. The third-order valence-electron chi connectivity index (χ3n) is 4.19. The first-order valence-electron chi connectivity index (χ1n) is 9.23. The summed E-state index contributed by atoms with van der Waals surface area (Å²) in [5.74, 6) is -1.72. The van der Waals surface area contributed by atoms with Gasteiger partial charge in [0.25, 0.3) is 11.8 Å². The second-order valence-electron chi connectivity index (χ2n) is 6.45. The van der Waals surface area contributed by atoms with Crippen molar-refractivity contribution in [1.82, 2.24) is 5.32 Å². The Hall–Kier alpha value is -2.87. The summed E-state index contributed by atoms with van der Waals surface area (Å²) in [4.78, 5) is 37.8. The predicted octanol–water partition coefficient (Wildman–Crippen LogP) is 4.58. The lowest BCUT2D eigenvalue weighted by Gasteiger charge is -2.17. The molecule has 1 aromatic heterocycles. The molecule has 0 saturated heterocycles. The largest absolute Gasteiger partial charge is 0.454 e. The molecular formula is C22H18Cl2N2O4S. The highest BCUT2D eigenvalue weighted by molar-refractivity contribution is 7.12. The van der Waals surface area contributed by atoms with Crippen LogP contribution in [0.3, 0.4) is 0 Å². The zero-order valence-electron chi connectivity index (χ0n) is 16.1. The number of benzene rings is 2. The number of para-hydroxylation sites is 1. The number of amides is 2. The molecule has 0 saturated carbocycles. The number of carbonyl (C=O) groups excluding carboxylic acids is 3. The molecule has 2 N–H and O–H groups in total. The standard InChI is InChI=1S/C22H18Cl2N2O4S/c23-15-8-4-9-16(24)20(15)26-19(27)13-30-22(29)17(12-14-6-2-1-3-7-14)25-21(28)18-10-5-11-31-18/h1-11,17H,12-13H2,(H,25,28)(H,26,27)/t17-/m0/s1. The first-order valence-corrected chi connectivity index (χ1v) is 10.9. The Bertz CT molecular complexity index is 1040. The van der Waals surface area contributed by atoms with Crippen LogP contribution in [0, 0.1) is 0 Å². The fourth-order valence-electron chi connectivity index (χ4n) is 2.71. The minimum atomic E-state index is -0.964. The molecule has 2 amide bonds. The predicted molar refractivity (Wildman–Crippen MR) is 122 cm³/mol. The summed E-state index contributed by atoms with van der Waals surface area (Å²) >= 11 is 13.3. The van der Waals surface area contributed by atoms with E-state index in [0.29, 0.717) is 4.88 Å². The normalized spacial score (nSPS) is 11.4. The lowest BCUT2D eigenvalue weighted by Crippen LogP contribution is -2.43. The highest BCUT2D eigenvalue weighted by Gasteiger charge is 2.25. The molecule has 0 aliphatic rings. The van der Waals surface area contributed by atoms with Gasteiger partial charge in [-0.3, -0.25) is 9.59 Å². The molecule has 3 rings (SSSR count). The van der Waals surface area contributed by atoms with E-state index in [1.54, 1.807) is 35.7 Å². The van der Waals surface area contributed by atoms with E-state index in [4.69, 9.17) is 27.9 Å². The average Bonchev–Trinajstić information content (AvgIpc) is 3.30. The summed E-state index contributed by atoms with van der Waals surface area (Å²) in [5.41, 5.74) is 1.07. The molecule has 2 aromatic carbocycles. The van der Waals surface area contributed by atoms with Crippen LogP contribution in [0.4, 0.5) is 5.69 Å². The fourth-order valence-corrected chi connectivity index (χ4v) is 3.83. The van der Waals surface area contributed by atoms with Crippen molar-refractivity contribution in [3.8, 4) is 0 Å². The van der Waals surface area contributed by atoms with Gasteiger partial charge in [-0.25, -0.2) is 4.79 Å². The van der Waals surface area contributed by atoms with Gasteiger partial charge in [-0.05, 0) is 29.1 Å². The van der Waals surface area contributed by atoms with Gasteiger partial charge in [-0.2, -0.15) is 0 Å². The number of halogens is 2. The quantitative estimate of drug-likeness (QED) is 0.466. The molecular weight excluding hydrogens is 459 g/mol. The number of anilines is 1. The number of esters is 1. The van der Waals surface area contributed by atoms with E-state index in [9.17, 15) is 14.4 Å². The minimum Gasteiger partial charge on any atom is -0.454 e. The summed E-state index contributed by atoms with van der Waals surface area (Å²) in [7, 11) is 0. The first kappa shape index (κ1) is 22.8. The highest BCUT2D eigenvalue weighted by Crippen LogP contribution is 2.29. The zero-order chi connectivity index (χ0) is 22.2. The summed E-state index contributed by atoms with van der Waals surface area (Å²) in [5, 5.41) is 7.49. The maximum Gasteiger partial charge on any atom is 0.329 e. The van der Waals surface area contributed by atoms with Crippen LogP contribution in [0.15, 0.2) is 66.0 Å². The number of hydrogen-bond acceptors (Lipinski definition) is 5. The van der Waals surface area contributed by atoms with Gasteiger partial charge in [0.05, 0.1) is 20.6 Å². The van der Waals surface area contributed by atoms with Gasteiger partial charge in [0.15, 0.2) is 6.61 Å². The molecule has 1 atom stereocenters. The third-order valence-corrected chi connectivity index (χ3v) is 5.69. The number of hydrogen-bond donors (Lipinski definition) is 2. The molecule has 160 valence electrons. The number of rotatable bonds is 8. The van der Waals surface area contributed by atoms with Crippen LogP contribution >= 0.6 is 34.5 Å². The molecule has 0 radical (unpaired) electrons. The van der Waals surface area contributed by atoms with E-state index in [1.807, 2.05) is 30.3 Å². The monoisotopic (exact) mass is 476 g/mol. The van der Waals surface area contributed by atoms with Crippen molar-refractivity contribution in [2.24, 2.45) is 0 Å². The molecule has 1 heterocycles. The van der Waals surface area contributed by atoms with Gasteiger partial charge in [0, 0.05) is 6.42 Å². The Morgan fingerprint density at radius 2 is 1.65 bits per heavy atom. The topological polar surface area (TPSA) is 84.5 Å². The Balaban J connectivity index is 1.64. The highest BCUT2D eigenvalue weighted by atomic mass is 35.5. The van der Waals surface area contributed by atoms with Gasteiger partial charge in [0.2, 0.25) is 0 Å². The van der Waals surface area contributed by atoms with Gasteiger partial charge in [0.1, 0.15) is 6.04 Å². The summed E-state index contributed by atoms with van der Waals surface area (Å²) in [6.07, 6.45) is 0.217. The van der Waals surface area contributed by atoms with E-state index in [1.165, 1.54) is 11.3 Å². The van der Waals surface area contributed by atoms with Crippen LogP contribution in [0.2, 0.25) is 10.0 Å². The third kappa shape index (κ3) is 6.55. The first-order chi connectivity index (χ1) is 14.9. The lowest BCUT2D eigenvalue weighted by molar-refractivity contribution is -0.149. The van der Waals surface area contributed by atoms with Gasteiger partial charge < -0.3 is 15.4 Å². The second kappa shape index (κ2) is 10.9. The second-order valence-corrected chi connectivity index (χ2v) is 8.21. The van der Waals surface area contributed by atoms with Crippen LogP contribution in [0.5, 0.6) is 0 Å². The van der Waals surface area contributed by atoms with Crippen LogP contribution in [0.1, 0.15) is 15.2 Å².